The molecule has 1 aliphatic carbocycles. The third kappa shape index (κ3) is 2.05. The number of benzene rings is 1. The maximum absolute atomic E-state index is 14.1. The summed E-state index contributed by atoms with van der Waals surface area (Å²) in [5.74, 6) is -3.28. The fourth-order valence-electron chi connectivity index (χ4n) is 3.61. The van der Waals surface area contributed by atoms with Gasteiger partial charge in [0.25, 0.3) is 5.92 Å². The van der Waals surface area contributed by atoms with Crippen molar-refractivity contribution in [2.75, 3.05) is 0 Å². The fraction of sp³-hybridized carbons (Fsp3) is 0.588. The monoisotopic (exact) mass is 310 g/mol. The van der Waals surface area contributed by atoms with Crippen LogP contribution in [0.3, 0.4) is 0 Å². The molecule has 3 rings (SSSR count). The van der Waals surface area contributed by atoms with Crippen LogP contribution in [-0.2, 0) is 5.41 Å². The van der Waals surface area contributed by atoms with Gasteiger partial charge in [-0.2, -0.15) is 0 Å². The Kier molecular flexibility index (Phi) is 3.31. The molecule has 120 valence electrons. The van der Waals surface area contributed by atoms with Crippen molar-refractivity contribution in [1.29, 1.82) is 0 Å². The van der Waals surface area contributed by atoms with E-state index in [0.29, 0.717) is 17.8 Å². The van der Waals surface area contributed by atoms with Crippen molar-refractivity contribution in [3.63, 3.8) is 0 Å². The van der Waals surface area contributed by atoms with Crippen LogP contribution in [0, 0.1) is 11.7 Å². The van der Waals surface area contributed by atoms with Crippen LogP contribution in [0.1, 0.15) is 52.4 Å². The number of hydrogen-bond acceptors (Lipinski definition) is 1. The third-order valence-corrected chi connectivity index (χ3v) is 4.91. The highest BCUT2D eigenvalue weighted by atomic mass is 19.3. The maximum Gasteiger partial charge on any atom is 0.251 e. The summed E-state index contributed by atoms with van der Waals surface area (Å²) in [4.78, 5) is 4.43. The van der Waals surface area contributed by atoms with Crippen LogP contribution in [0.2, 0.25) is 0 Å². The van der Waals surface area contributed by atoms with E-state index in [1.807, 2.05) is 18.4 Å². The summed E-state index contributed by atoms with van der Waals surface area (Å²) in [5.41, 5.74) is 0.125. The van der Waals surface area contributed by atoms with E-state index in [1.54, 1.807) is 26.0 Å². The van der Waals surface area contributed by atoms with Crippen molar-refractivity contribution in [3.05, 3.63) is 29.8 Å². The number of halogens is 3. The van der Waals surface area contributed by atoms with Gasteiger partial charge in [0.2, 0.25) is 0 Å². The smallest absolute Gasteiger partial charge is 0.251 e. The van der Waals surface area contributed by atoms with Crippen LogP contribution in [-0.4, -0.2) is 15.5 Å². The van der Waals surface area contributed by atoms with Gasteiger partial charge in [0.15, 0.2) is 5.82 Å². The minimum atomic E-state index is -2.66. The molecule has 2 nitrogen and oxygen atoms in total. The molecule has 0 spiro atoms. The number of aromatic nitrogens is 2. The van der Waals surface area contributed by atoms with Gasteiger partial charge in [-0.25, -0.2) is 18.2 Å². The molecule has 0 radical (unpaired) electrons. The lowest BCUT2D eigenvalue weighted by Crippen LogP contribution is -2.50. The summed E-state index contributed by atoms with van der Waals surface area (Å²) in [6.45, 7) is 7.51. The number of para-hydroxylation sites is 1. The number of nitrogens with zero attached hydrogens (tertiary/aromatic N) is 2. The quantitative estimate of drug-likeness (QED) is 0.773. The minimum absolute atomic E-state index is 0.0229. The Bertz CT molecular complexity index is 716. The molecule has 1 aromatic heterocycles. The molecule has 0 aliphatic heterocycles. The third-order valence-electron chi connectivity index (χ3n) is 4.91. The van der Waals surface area contributed by atoms with Gasteiger partial charge in [-0.05, 0) is 32.4 Å². The average Bonchev–Trinajstić information content (AvgIpc) is 2.79. The van der Waals surface area contributed by atoms with Crippen LogP contribution >= 0.6 is 0 Å². The summed E-state index contributed by atoms with van der Waals surface area (Å²) >= 11 is 0. The summed E-state index contributed by atoms with van der Waals surface area (Å²) in [7, 11) is 0. The largest absolute Gasteiger partial charge is 0.325 e. The summed E-state index contributed by atoms with van der Waals surface area (Å²) < 4.78 is 43.8. The second-order valence-corrected chi connectivity index (χ2v) is 7.08. The molecule has 0 bridgehead atoms. The second kappa shape index (κ2) is 4.74. The Morgan fingerprint density at radius 1 is 1.32 bits per heavy atom. The molecule has 1 aliphatic rings. The van der Waals surface area contributed by atoms with E-state index >= 15 is 0 Å². The first-order valence-corrected chi connectivity index (χ1v) is 7.71. The standard InChI is InChI=1S/C17H21F3N2/c1-10(2)22-12-7-5-6-11(18)14(12)21-15(22)16(3,4)13-8-9-17(13,19)20/h5-7,10,13H,8-9H2,1-4H3/t13-/m0/s1. The number of fused-ring (bicyclic) bond motifs is 1. The fourth-order valence-corrected chi connectivity index (χ4v) is 3.61. The zero-order valence-electron chi connectivity index (χ0n) is 13.3. The summed E-state index contributed by atoms with van der Waals surface area (Å²) in [6.07, 6.45) is 0.404. The van der Waals surface area contributed by atoms with Crippen molar-refractivity contribution >= 4 is 11.0 Å². The number of imidazole rings is 1. The lowest BCUT2D eigenvalue weighted by atomic mass is 9.64. The molecule has 0 amide bonds. The lowest BCUT2D eigenvalue weighted by Gasteiger charge is -2.46. The van der Waals surface area contributed by atoms with Gasteiger partial charge in [-0.1, -0.05) is 19.9 Å². The molecule has 0 saturated heterocycles. The predicted octanol–water partition coefficient (Wildman–Crippen LogP) is 5.08. The molecule has 1 atom stereocenters. The number of hydrogen-bond donors (Lipinski definition) is 0. The molecule has 5 heteroatoms. The zero-order valence-corrected chi connectivity index (χ0v) is 13.3. The molecule has 1 aromatic carbocycles. The van der Waals surface area contributed by atoms with Gasteiger partial charge in [0, 0.05) is 23.8 Å². The predicted molar refractivity (Wildman–Crippen MR) is 80.8 cm³/mol. The Balaban J connectivity index is 2.22. The molecule has 0 unspecified atom stereocenters. The van der Waals surface area contributed by atoms with Gasteiger partial charge in [0.1, 0.15) is 11.3 Å². The maximum atomic E-state index is 14.1. The van der Waals surface area contributed by atoms with Crippen molar-refractivity contribution in [2.24, 2.45) is 5.92 Å². The Morgan fingerprint density at radius 2 is 2.00 bits per heavy atom. The van der Waals surface area contributed by atoms with Gasteiger partial charge in [0.05, 0.1) is 5.52 Å². The minimum Gasteiger partial charge on any atom is -0.325 e. The van der Waals surface area contributed by atoms with Gasteiger partial charge < -0.3 is 4.57 Å². The van der Waals surface area contributed by atoms with Crippen molar-refractivity contribution < 1.29 is 13.2 Å². The molecule has 2 aromatic rings. The van der Waals surface area contributed by atoms with Gasteiger partial charge in [-0.3, -0.25) is 0 Å². The van der Waals surface area contributed by atoms with E-state index in [-0.39, 0.29) is 18.0 Å². The molecular weight excluding hydrogens is 289 g/mol. The average molecular weight is 310 g/mol. The molecule has 1 heterocycles. The highest BCUT2D eigenvalue weighted by molar-refractivity contribution is 5.77. The van der Waals surface area contributed by atoms with Crippen molar-refractivity contribution in [2.45, 2.75) is 57.9 Å². The van der Waals surface area contributed by atoms with Crippen LogP contribution in [0.15, 0.2) is 18.2 Å². The molecular formula is C17H21F3N2. The van der Waals surface area contributed by atoms with E-state index in [2.05, 4.69) is 4.98 Å². The Labute approximate surface area is 128 Å². The van der Waals surface area contributed by atoms with Crippen LogP contribution in [0.5, 0.6) is 0 Å². The summed E-state index contributed by atoms with van der Waals surface area (Å²) in [6, 6.07) is 4.81. The van der Waals surface area contributed by atoms with E-state index in [1.165, 1.54) is 6.07 Å². The Hall–Kier alpha value is -1.52. The summed E-state index contributed by atoms with van der Waals surface area (Å²) in [5, 5.41) is 0. The van der Waals surface area contributed by atoms with E-state index < -0.39 is 23.1 Å². The molecule has 1 fully saturated rings. The topological polar surface area (TPSA) is 17.8 Å². The van der Waals surface area contributed by atoms with Crippen LogP contribution < -0.4 is 0 Å². The van der Waals surface area contributed by atoms with E-state index in [0.717, 1.165) is 0 Å². The first-order valence-electron chi connectivity index (χ1n) is 7.71. The van der Waals surface area contributed by atoms with E-state index in [4.69, 9.17) is 0 Å². The molecule has 22 heavy (non-hydrogen) atoms. The number of alkyl halides is 2. The highest BCUT2D eigenvalue weighted by Gasteiger charge is 2.57. The van der Waals surface area contributed by atoms with Gasteiger partial charge >= 0.3 is 0 Å². The second-order valence-electron chi connectivity index (χ2n) is 7.08. The van der Waals surface area contributed by atoms with Crippen molar-refractivity contribution in [1.82, 2.24) is 9.55 Å². The van der Waals surface area contributed by atoms with Crippen molar-refractivity contribution in [3.8, 4) is 0 Å². The van der Waals surface area contributed by atoms with Crippen LogP contribution in [0.25, 0.3) is 11.0 Å². The zero-order chi connectivity index (χ0) is 16.3. The Morgan fingerprint density at radius 3 is 2.50 bits per heavy atom. The van der Waals surface area contributed by atoms with Gasteiger partial charge in [-0.15, -0.1) is 0 Å². The highest BCUT2D eigenvalue weighted by Crippen LogP contribution is 2.53. The first-order chi connectivity index (χ1) is 10.2. The van der Waals surface area contributed by atoms with Crippen LogP contribution in [0.4, 0.5) is 13.2 Å². The first kappa shape index (κ1) is 15.4. The van der Waals surface area contributed by atoms with E-state index in [9.17, 15) is 13.2 Å². The number of rotatable bonds is 3. The molecule has 1 saturated carbocycles. The normalized spacial score (nSPS) is 21.4. The molecule has 0 N–H and O–H groups in total. The SMILES string of the molecule is CC(C)n1c(C(C)(C)[C@@H]2CCC2(F)F)nc2c(F)cccc21. The lowest BCUT2D eigenvalue weighted by molar-refractivity contribution is -0.158.